The fraction of sp³-hybridized carbons (Fsp3) is 0.459. The van der Waals surface area contributed by atoms with Crippen LogP contribution in [0.5, 0.6) is 0 Å². The van der Waals surface area contributed by atoms with Crippen LogP contribution >= 0.6 is 11.8 Å². The number of H-pyrrole nitrogens is 2. The van der Waals surface area contributed by atoms with Gasteiger partial charge in [0.2, 0.25) is 11.9 Å². The number of nitrogens with one attached hydrogen (secondary N) is 7. The second-order valence-corrected chi connectivity index (χ2v) is 45.0. The number of carbonyl (C=O) groups excluding carboxylic acids is 3. The molecular weight excluding hydrogens is 1780 g/mol. The topological polar surface area (TPSA) is 351 Å². The Kier molecular flexibility index (Phi) is 33.5. The van der Waals surface area contributed by atoms with E-state index in [0.29, 0.717) is 29.6 Å². The van der Waals surface area contributed by atoms with Crippen molar-refractivity contribution in [3.8, 4) is 11.3 Å². The minimum atomic E-state index is -0.226. The van der Waals surface area contributed by atoms with Crippen molar-refractivity contribution in [3.05, 3.63) is 240 Å². The van der Waals surface area contributed by atoms with Crippen LogP contribution in [0.15, 0.2) is 182 Å². The lowest BCUT2D eigenvalue weighted by Gasteiger charge is -2.29. The number of likely N-dealkylation sites (tertiary alicyclic amines) is 1. The molecule has 1 unspecified atom stereocenters. The molecule has 0 bridgehead atoms. The normalized spacial score (nSPS) is 15.4. The Hall–Kier alpha value is -12.8. The summed E-state index contributed by atoms with van der Waals surface area (Å²) in [6, 6.07) is 44.5. The van der Waals surface area contributed by atoms with Crippen molar-refractivity contribution in [2.75, 3.05) is 95.7 Å². The molecule has 15 heterocycles. The summed E-state index contributed by atoms with van der Waals surface area (Å²) < 4.78 is 2.18. The van der Waals surface area contributed by atoms with Gasteiger partial charge in [-0.15, -0.1) is 0 Å². The number of hydrogen-bond acceptors (Lipinski definition) is 23. The van der Waals surface area contributed by atoms with Crippen LogP contribution in [-0.2, 0) is 67.8 Å². The number of carbonyl (C=O) groups is 3. The van der Waals surface area contributed by atoms with Gasteiger partial charge in [0.1, 0.15) is 46.1 Å². The largest absolute Gasteiger partial charge is 0.370 e. The van der Waals surface area contributed by atoms with Gasteiger partial charge in [-0.1, -0.05) is 242 Å². The van der Waals surface area contributed by atoms with Gasteiger partial charge in [-0.2, -0.15) is 0 Å². The number of hydrogen-bond donors (Lipinski definition) is 7. The van der Waals surface area contributed by atoms with Crippen LogP contribution in [-0.4, -0.2) is 207 Å². The molecule has 7 N–H and O–H groups in total. The highest BCUT2D eigenvalue weighted by atomic mass is 32.2. The van der Waals surface area contributed by atoms with Gasteiger partial charge < -0.3 is 50.5 Å². The SMILES string of the molecule is CC(C)(C)c1nc(-c2cc[nH]c2)c2[nH]cnc2n1.CC(C)(C)c1nc(NC(=O)N2CCCC2)nc2ccccc12.CC(C)(C)c1nc2ccccc2nc1C(=O)N1CCNCC1.CC(C)(C)c1nc2ccccc2nc1SCc1ccccc1.CC(C)(C)c1nccc2ccc(CC(=O)N3CCNCC3)cc12.CC(C)(C)c1ncnc2c1CCCN2.CC(C)(C)c1ncnc2c1ncn2CC1CCCNC1. The van der Waals surface area contributed by atoms with Gasteiger partial charge in [0.15, 0.2) is 17.0 Å². The number of thioether (sulfide) groups is 1. The molecule has 0 saturated carbocycles. The van der Waals surface area contributed by atoms with Crippen LogP contribution in [0.3, 0.4) is 0 Å². The molecule has 4 fully saturated rings. The highest BCUT2D eigenvalue weighted by Gasteiger charge is 2.33. The average Bonchev–Trinajstić information content (AvgIpc) is 1.49. The number of fused-ring (bicyclic) bond motifs is 7. The van der Waals surface area contributed by atoms with Gasteiger partial charge in [-0.3, -0.25) is 19.9 Å². The van der Waals surface area contributed by atoms with E-state index in [1.54, 1.807) is 30.7 Å². The highest BCUT2D eigenvalue weighted by molar-refractivity contribution is 7.98. The second kappa shape index (κ2) is 45.4. The maximum absolute atomic E-state index is 12.9. The zero-order valence-electron chi connectivity index (χ0n) is 86.5. The van der Waals surface area contributed by atoms with Gasteiger partial charge in [0.25, 0.3) is 5.91 Å². The summed E-state index contributed by atoms with van der Waals surface area (Å²) in [4.78, 5) is 118. The second-order valence-electron chi connectivity index (χ2n) is 44.1. The first-order chi connectivity index (χ1) is 67.1. The Labute approximate surface area is 834 Å². The summed E-state index contributed by atoms with van der Waals surface area (Å²) in [6.45, 7) is 57.4. The molecule has 742 valence electrons. The van der Waals surface area contributed by atoms with E-state index in [9.17, 15) is 14.4 Å². The molecule has 20 rings (SSSR count). The Morgan fingerprint density at radius 1 is 0.468 bits per heavy atom. The number of imidazole rings is 2. The summed E-state index contributed by atoms with van der Waals surface area (Å²) in [5.74, 6) is 4.03. The van der Waals surface area contributed by atoms with Crippen LogP contribution in [0.1, 0.15) is 245 Å². The standard InChI is InChI=1S/C19H25N3O.C19H20N2S.2C17H22N4O.C15H23N5.C13H15N5.C11H17N3/c1-19(2,3)18-16-12-14(4-5-15(16)6-7-21-18)13-17(23)22-10-8-20-9-11-22;1-19(2,3)17-18(22-13-14-9-5-4-6-10-14)21-16-12-8-7-11-15(16)20-17;1-17(2,3)14-12-8-4-5-9-13(12)18-15(19-14)20-16(22)21-10-6-7-11-21;1-17(2,3)15-14(16(22)21-10-8-18-9-11-21)19-12-6-4-5-7-13(12)20-15;1-15(2,3)13-12-14(18-9-17-13)20(10-19-12)8-11-5-4-6-16-7-11;1-13(2,3)12-17-9(8-4-5-14-6-8)10-11(18-12)16-7-15-10;1-11(2,3)9-8-5-4-6-12-10(8)14-7-13-9/h4-7,12,20H,8-11,13H2,1-3H3;4-12H,13H2,1-3H3;4-5,8-9H,6-7,10-11H2,1-3H3,(H,18,19,20,22);4-7,18H,8-11H2,1-3H3;9-11,16H,4-8H2,1-3H3;4-7,14H,1-3H3,(H,15,16,17,18);7H,4-6H2,1-3H3,(H,12,13,14). The lowest BCUT2D eigenvalue weighted by molar-refractivity contribution is -0.131. The van der Waals surface area contributed by atoms with Crippen molar-refractivity contribution >= 4 is 107 Å². The molecule has 29 nitrogen and oxygen atoms in total. The summed E-state index contributed by atoms with van der Waals surface area (Å²) in [6.07, 6.45) is 20.0. The van der Waals surface area contributed by atoms with E-state index in [1.807, 2.05) is 131 Å². The number of aromatic amines is 2. The molecule has 4 saturated heterocycles. The number of anilines is 2. The van der Waals surface area contributed by atoms with Gasteiger partial charge in [-0.05, 0) is 123 Å². The Morgan fingerprint density at radius 3 is 1.70 bits per heavy atom. The molecule has 4 amide bonds. The predicted octanol–water partition coefficient (Wildman–Crippen LogP) is 20.2. The smallest absolute Gasteiger partial charge is 0.324 e. The fourth-order valence-corrected chi connectivity index (χ4v) is 18.7. The summed E-state index contributed by atoms with van der Waals surface area (Å²) in [5.41, 5.74) is 19.8. The Morgan fingerprint density at radius 2 is 1.07 bits per heavy atom. The third-order valence-corrected chi connectivity index (χ3v) is 26.0. The maximum atomic E-state index is 12.9. The summed E-state index contributed by atoms with van der Waals surface area (Å²) in [7, 11) is 0. The van der Waals surface area contributed by atoms with Crippen LogP contribution in [0, 0.1) is 5.92 Å². The van der Waals surface area contributed by atoms with Gasteiger partial charge >= 0.3 is 6.03 Å². The molecule has 15 aromatic rings. The summed E-state index contributed by atoms with van der Waals surface area (Å²) >= 11 is 1.77. The Balaban J connectivity index is 0.000000131. The maximum Gasteiger partial charge on any atom is 0.324 e. The van der Waals surface area contributed by atoms with Gasteiger partial charge in [0.05, 0.1) is 80.8 Å². The molecule has 0 spiro atoms. The van der Waals surface area contributed by atoms with Crippen LogP contribution in [0.4, 0.5) is 16.6 Å². The molecule has 0 aliphatic carbocycles. The zero-order chi connectivity index (χ0) is 101. The predicted molar refractivity (Wildman–Crippen MR) is 570 cm³/mol. The number of rotatable bonds is 10. The monoisotopic (exact) mass is 1920 g/mol. The van der Waals surface area contributed by atoms with E-state index < -0.39 is 0 Å². The Bertz CT molecular complexity index is 6750. The lowest BCUT2D eigenvalue weighted by Crippen LogP contribution is -2.47. The molecule has 5 aromatic carbocycles. The number of piperidine rings is 1. The molecule has 5 aliphatic rings. The van der Waals surface area contributed by atoms with Gasteiger partial charge in [-0.25, -0.2) is 74.6 Å². The van der Waals surface area contributed by atoms with E-state index in [1.165, 1.54) is 41.5 Å². The number of benzene rings is 5. The minimum Gasteiger partial charge on any atom is -0.370 e. The highest BCUT2D eigenvalue weighted by Crippen LogP contribution is 2.38. The first-order valence-corrected chi connectivity index (χ1v) is 50.8. The van der Waals surface area contributed by atoms with Crippen molar-refractivity contribution in [3.63, 3.8) is 0 Å². The van der Waals surface area contributed by atoms with E-state index >= 15 is 0 Å². The van der Waals surface area contributed by atoms with Crippen molar-refractivity contribution in [1.82, 2.24) is 120 Å². The molecule has 5 aliphatic heterocycles. The number of amides is 4. The molecule has 10 aromatic heterocycles. The van der Waals surface area contributed by atoms with E-state index in [2.05, 4.69) is 289 Å². The van der Waals surface area contributed by atoms with E-state index in [0.717, 1.165) is 234 Å². The number of pyridine rings is 1. The third-order valence-electron chi connectivity index (χ3n) is 25.0. The van der Waals surface area contributed by atoms with Crippen molar-refractivity contribution in [2.24, 2.45) is 5.92 Å². The quantitative estimate of drug-likeness (QED) is 0.0625. The zero-order valence-corrected chi connectivity index (χ0v) is 87.3. The summed E-state index contributed by atoms with van der Waals surface area (Å²) in [5, 5.41) is 20.6. The van der Waals surface area contributed by atoms with Crippen LogP contribution in [0.25, 0.3) is 77.3 Å². The lowest BCUT2D eigenvalue weighted by atomic mass is 9.86. The third kappa shape index (κ3) is 27.3. The van der Waals surface area contributed by atoms with Crippen molar-refractivity contribution in [2.45, 2.75) is 246 Å². The molecule has 141 heavy (non-hydrogen) atoms. The minimum absolute atomic E-state index is 0.00718. The van der Waals surface area contributed by atoms with E-state index in [-0.39, 0.29) is 55.8 Å². The molecular formula is C111H144N26O3S. The van der Waals surface area contributed by atoms with E-state index in [4.69, 9.17) is 15.0 Å². The number of para-hydroxylation sites is 5. The number of nitrogens with zero attached hydrogens (tertiary/aromatic N) is 19. The first kappa shape index (κ1) is 104. The molecule has 30 heteroatoms. The number of piperazine rings is 2. The van der Waals surface area contributed by atoms with Crippen molar-refractivity contribution < 1.29 is 14.4 Å². The van der Waals surface area contributed by atoms with Crippen molar-refractivity contribution in [1.29, 1.82) is 0 Å². The van der Waals surface area contributed by atoms with Crippen LogP contribution in [0.2, 0.25) is 0 Å². The molecule has 1 atom stereocenters. The molecule has 0 radical (unpaired) electrons. The number of urea groups is 1. The first-order valence-electron chi connectivity index (χ1n) is 49.8. The van der Waals surface area contributed by atoms with Gasteiger partial charge in [0, 0.05) is 163 Å². The van der Waals surface area contributed by atoms with Crippen LogP contribution < -0.4 is 26.6 Å². The average molecular weight is 1920 g/mol. The number of aromatic nitrogens is 18. The fourth-order valence-electron chi connectivity index (χ4n) is 17.6.